The van der Waals surface area contributed by atoms with Crippen LogP contribution >= 0.6 is 0 Å². The van der Waals surface area contributed by atoms with E-state index in [9.17, 15) is 4.79 Å². The fourth-order valence-corrected chi connectivity index (χ4v) is 3.31. The van der Waals surface area contributed by atoms with Gasteiger partial charge in [0.2, 0.25) is 11.7 Å². The number of H-pyrrole nitrogens is 1. The molecule has 9 nitrogen and oxygen atoms in total. The van der Waals surface area contributed by atoms with Gasteiger partial charge in [-0.05, 0) is 37.1 Å². The zero-order valence-corrected chi connectivity index (χ0v) is 16.4. The maximum Gasteiger partial charge on any atom is 0.371 e. The Hall–Kier alpha value is -3.30. The van der Waals surface area contributed by atoms with Gasteiger partial charge in [-0.25, -0.2) is 19.7 Å². The lowest BCUT2D eigenvalue weighted by Crippen LogP contribution is -2.21. The highest BCUT2D eigenvalue weighted by molar-refractivity contribution is 5.88. The number of nitrogens with one attached hydrogen (secondary N) is 2. The van der Waals surface area contributed by atoms with Crippen molar-refractivity contribution < 1.29 is 19.4 Å². The highest BCUT2D eigenvalue weighted by Gasteiger charge is 2.20. The van der Waals surface area contributed by atoms with Crippen LogP contribution in [0.1, 0.15) is 29.2 Å². The molecule has 4 heterocycles. The zero-order chi connectivity index (χ0) is 20.8. The number of nitrogens with zero attached hydrogens (tertiary/aromatic N) is 3. The van der Waals surface area contributed by atoms with Gasteiger partial charge in [0.15, 0.2) is 0 Å². The number of aromatic carboxylic acids is 1. The van der Waals surface area contributed by atoms with Gasteiger partial charge >= 0.3 is 5.97 Å². The summed E-state index contributed by atoms with van der Waals surface area (Å²) in [4.78, 5) is 25.8. The van der Waals surface area contributed by atoms with E-state index in [1.165, 1.54) is 5.57 Å². The maximum absolute atomic E-state index is 10.5. The number of carboxylic acids is 1. The summed E-state index contributed by atoms with van der Waals surface area (Å²) in [5.74, 6) is -0.401. The summed E-state index contributed by atoms with van der Waals surface area (Å²) in [6.07, 6.45) is 7.57. The zero-order valence-electron chi connectivity index (χ0n) is 16.4. The highest BCUT2D eigenvalue weighted by Crippen LogP contribution is 2.27. The molecule has 9 heteroatoms. The Kier molecular flexibility index (Phi) is 6.31. The minimum atomic E-state index is -1.04. The average Bonchev–Trinajstić information content (AvgIpc) is 3.45. The van der Waals surface area contributed by atoms with Gasteiger partial charge in [0, 0.05) is 18.9 Å². The van der Waals surface area contributed by atoms with E-state index >= 15 is 0 Å². The second kappa shape index (κ2) is 9.47. The number of carbonyl (C=O) groups is 1. The third kappa shape index (κ3) is 4.81. The summed E-state index contributed by atoms with van der Waals surface area (Å²) in [6.45, 7) is 3.29. The van der Waals surface area contributed by atoms with Gasteiger partial charge < -0.3 is 24.9 Å². The van der Waals surface area contributed by atoms with E-state index in [0.29, 0.717) is 18.0 Å². The number of hydrogen-bond acceptors (Lipinski definition) is 7. The van der Waals surface area contributed by atoms with Crippen LogP contribution in [0.4, 0.5) is 0 Å². The fourth-order valence-electron chi connectivity index (χ4n) is 3.31. The third-order valence-corrected chi connectivity index (χ3v) is 4.82. The monoisotopic (exact) mass is 409 g/mol. The Balaban J connectivity index is 0.000000158. The fraction of sp³-hybridized carbons (Fsp3) is 0.333. The van der Waals surface area contributed by atoms with E-state index in [1.807, 2.05) is 12.1 Å². The first-order valence-electron chi connectivity index (χ1n) is 9.84. The van der Waals surface area contributed by atoms with Crippen molar-refractivity contribution in [1.29, 1.82) is 0 Å². The summed E-state index contributed by atoms with van der Waals surface area (Å²) < 4.78 is 11.3. The van der Waals surface area contributed by atoms with Crippen molar-refractivity contribution in [3.63, 3.8) is 0 Å². The van der Waals surface area contributed by atoms with Crippen LogP contribution in [0.3, 0.4) is 0 Å². The van der Waals surface area contributed by atoms with Crippen LogP contribution in [-0.2, 0) is 4.74 Å². The molecule has 1 atom stereocenters. The third-order valence-electron chi connectivity index (χ3n) is 4.82. The molecule has 0 bridgehead atoms. The second-order valence-corrected chi connectivity index (χ2v) is 6.90. The van der Waals surface area contributed by atoms with Crippen molar-refractivity contribution in [2.45, 2.75) is 18.9 Å². The van der Waals surface area contributed by atoms with Crippen LogP contribution in [0.15, 0.2) is 42.7 Å². The van der Waals surface area contributed by atoms with Crippen LogP contribution in [-0.4, -0.2) is 63.4 Å². The molecule has 1 fully saturated rings. The van der Waals surface area contributed by atoms with Gasteiger partial charge in [-0.2, -0.15) is 0 Å². The van der Waals surface area contributed by atoms with E-state index in [0.717, 1.165) is 43.7 Å². The van der Waals surface area contributed by atoms with Crippen molar-refractivity contribution in [2.75, 3.05) is 26.3 Å². The first-order chi connectivity index (χ1) is 14.7. The van der Waals surface area contributed by atoms with E-state index in [2.05, 4.69) is 31.3 Å². The molecule has 0 spiro atoms. The largest absolute Gasteiger partial charge is 0.475 e. The number of carboxylic acid groups (broad SMARTS) is 1. The normalized spacial score (nSPS) is 18.4. The van der Waals surface area contributed by atoms with Crippen molar-refractivity contribution in [2.24, 2.45) is 0 Å². The number of benzene rings is 1. The molecular formula is C21H23N5O4. The van der Waals surface area contributed by atoms with Crippen LogP contribution in [0.25, 0.3) is 16.6 Å². The summed E-state index contributed by atoms with van der Waals surface area (Å²) in [5.41, 5.74) is 3.47. The molecule has 0 amide bonds. The quantitative estimate of drug-likeness (QED) is 0.600. The molecule has 156 valence electrons. The lowest BCUT2D eigenvalue weighted by atomic mass is 10.1. The Bertz CT molecular complexity index is 1010. The Morgan fingerprint density at radius 1 is 1.23 bits per heavy atom. The van der Waals surface area contributed by atoms with Gasteiger partial charge in [0.1, 0.15) is 11.8 Å². The van der Waals surface area contributed by atoms with Crippen LogP contribution in [0.5, 0.6) is 5.88 Å². The lowest BCUT2D eigenvalue weighted by Gasteiger charge is -2.17. The smallest absolute Gasteiger partial charge is 0.371 e. The lowest BCUT2D eigenvalue weighted by molar-refractivity contribution is 0.0685. The molecule has 2 aliphatic heterocycles. The SMILES string of the molecule is C1=C(c2nccnc2O[C@H]2CCNC2)CCOC1.O=C(O)c1nc2ccccc2[nH]1. The average molecular weight is 409 g/mol. The Labute approximate surface area is 173 Å². The molecule has 1 saturated heterocycles. The molecule has 2 aromatic heterocycles. The Morgan fingerprint density at radius 2 is 2.10 bits per heavy atom. The molecule has 30 heavy (non-hydrogen) atoms. The molecule has 2 aliphatic rings. The molecule has 1 aromatic carbocycles. The first-order valence-corrected chi connectivity index (χ1v) is 9.84. The van der Waals surface area contributed by atoms with Gasteiger partial charge in [-0.15, -0.1) is 0 Å². The van der Waals surface area contributed by atoms with Gasteiger partial charge in [0.25, 0.3) is 0 Å². The van der Waals surface area contributed by atoms with Crippen molar-refractivity contribution in [1.82, 2.24) is 25.3 Å². The van der Waals surface area contributed by atoms with Crippen LogP contribution in [0.2, 0.25) is 0 Å². The predicted molar refractivity (Wildman–Crippen MR) is 110 cm³/mol. The minimum absolute atomic E-state index is 0.0174. The van der Waals surface area contributed by atoms with E-state index < -0.39 is 5.97 Å². The topological polar surface area (TPSA) is 122 Å². The molecule has 5 rings (SSSR count). The number of rotatable bonds is 4. The van der Waals surface area contributed by atoms with Gasteiger partial charge in [-0.3, -0.25) is 0 Å². The second-order valence-electron chi connectivity index (χ2n) is 6.90. The molecule has 0 saturated carbocycles. The van der Waals surface area contributed by atoms with Crippen LogP contribution < -0.4 is 10.1 Å². The van der Waals surface area contributed by atoms with E-state index in [1.54, 1.807) is 24.5 Å². The number of ether oxygens (including phenoxy) is 2. The number of imidazole rings is 1. The number of aromatic amines is 1. The molecule has 3 aromatic rings. The number of hydrogen-bond donors (Lipinski definition) is 3. The number of aromatic nitrogens is 4. The van der Waals surface area contributed by atoms with Crippen molar-refractivity contribution >= 4 is 22.6 Å². The van der Waals surface area contributed by atoms with E-state index in [4.69, 9.17) is 14.6 Å². The molecule has 3 N–H and O–H groups in total. The van der Waals surface area contributed by atoms with Gasteiger partial charge in [0.05, 0.1) is 24.2 Å². The highest BCUT2D eigenvalue weighted by atomic mass is 16.5. The minimum Gasteiger partial charge on any atom is -0.475 e. The summed E-state index contributed by atoms with van der Waals surface area (Å²) in [5, 5.41) is 11.9. The summed E-state index contributed by atoms with van der Waals surface area (Å²) >= 11 is 0. The first kappa shape index (κ1) is 20.0. The van der Waals surface area contributed by atoms with Gasteiger partial charge in [-0.1, -0.05) is 18.2 Å². The van der Waals surface area contributed by atoms with Crippen molar-refractivity contribution in [3.8, 4) is 5.88 Å². The molecule has 0 radical (unpaired) electrons. The van der Waals surface area contributed by atoms with E-state index in [-0.39, 0.29) is 11.9 Å². The standard InChI is InChI=1S/C13H17N3O2.C8H6N2O2/c1-4-14-9-11(1)18-13-12(15-5-6-16-13)10-2-7-17-8-3-10;11-8(12)7-9-5-3-1-2-4-6(5)10-7/h2,5-6,11,14H,1,3-4,7-9H2;1-4H,(H,9,10)(H,11,12)/t11-;/m0./s1. The molecule has 0 unspecified atom stereocenters. The maximum atomic E-state index is 10.5. The molecular weight excluding hydrogens is 386 g/mol. The van der Waals surface area contributed by atoms with Crippen molar-refractivity contribution in [3.05, 3.63) is 54.3 Å². The number of para-hydroxylation sites is 2. The predicted octanol–water partition coefficient (Wildman–Crippen LogP) is 2.28. The number of fused-ring (bicyclic) bond motifs is 1. The summed E-state index contributed by atoms with van der Waals surface area (Å²) in [7, 11) is 0. The van der Waals surface area contributed by atoms with Crippen LogP contribution in [0, 0.1) is 0 Å². The molecule has 0 aliphatic carbocycles. The summed E-state index contributed by atoms with van der Waals surface area (Å²) in [6, 6.07) is 7.19. The Morgan fingerprint density at radius 3 is 2.83 bits per heavy atom.